The largest absolute Gasteiger partial charge is 0.453 e. The molecule has 0 spiro atoms. The maximum Gasteiger partial charge on any atom is 0.185 e. The van der Waals surface area contributed by atoms with Gasteiger partial charge in [-0.15, -0.1) is 0 Å². The molecule has 2 aromatic heterocycles. The van der Waals surface area contributed by atoms with Gasteiger partial charge in [-0.1, -0.05) is 29.4 Å². The molecule has 0 atom stereocenters. The molecule has 0 unspecified atom stereocenters. The fourth-order valence-electron chi connectivity index (χ4n) is 1.90. The van der Waals surface area contributed by atoms with E-state index in [0.29, 0.717) is 29.3 Å². The molecular formula is C15H11NO4. The fourth-order valence-corrected chi connectivity index (χ4v) is 1.90. The van der Waals surface area contributed by atoms with Crippen molar-refractivity contribution in [1.82, 2.24) is 5.16 Å². The Kier molecular flexibility index (Phi) is 3.18. The molecule has 3 rings (SSSR count). The molecule has 0 aliphatic heterocycles. The van der Waals surface area contributed by atoms with Crippen molar-refractivity contribution in [3.8, 4) is 22.6 Å². The molecule has 0 fully saturated rings. The van der Waals surface area contributed by atoms with E-state index in [4.69, 9.17) is 14.0 Å². The van der Waals surface area contributed by atoms with Gasteiger partial charge in [0.15, 0.2) is 17.8 Å². The Morgan fingerprint density at radius 1 is 1.10 bits per heavy atom. The van der Waals surface area contributed by atoms with Gasteiger partial charge in [0.1, 0.15) is 18.1 Å². The lowest BCUT2D eigenvalue weighted by Crippen LogP contribution is -1.79. The normalized spacial score (nSPS) is 10.7. The summed E-state index contributed by atoms with van der Waals surface area (Å²) in [6.45, 7) is -0.175. The van der Waals surface area contributed by atoms with Crippen LogP contribution in [-0.2, 0) is 6.61 Å². The lowest BCUT2D eigenvalue weighted by Gasteiger charge is -1.99. The molecule has 0 saturated heterocycles. The zero-order chi connectivity index (χ0) is 13.9. The summed E-state index contributed by atoms with van der Waals surface area (Å²) in [5.41, 5.74) is 2.40. The zero-order valence-electron chi connectivity index (χ0n) is 10.4. The minimum absolute atomic E-state index is 0.175. The number of rotatable bonds is 4. The number of aliphatic hydroxyl groups is 1. The van der Waals surface area contributed by atoms with Crippen LogP contribution in [0.2, 0.25) is 0 Å². The van der Waals surface area contributed by atoms with Crippen molar-refractivity contribution < 1.29 is 18.8 Å². The number of hydrogen-bond acceptors (Lipinski definition) is 5. The Balaban J connectivity index is 1.88. The summed E-state index contributed by atoms with van der Waals surface area (Å²) in [7, 11) is 0. The molecule has 2 heterocycles. The molecule has 0 radical (unpaired) electrons. The summed E-state index contributed by atoms with van der Waals surface area (Å²) in [6, 6.07) is 12.5. The lowest BCUT2D eigenvalue weighted by atomic mass is 10.1. The van der Waals surface area contributed by atoms with E-state index in [0.717, 1.165) is 11.1 Å². The van der Waals surface area contributed by atoms with Gasteiger partial charge in [-0.25, -0.2) is 0 Å². The van der Waals surface area contributed by atoms with Gasteiger partial charge in [-0.05, 0) is 12.1 Å². The molecule has 5 heteroatoms. The van der Waals surface area contributed by atoms with Crippen LogP contribution in [0.25, 0.3) is 22.6 Å². The summed E-state index contributed by atoms with van der Waals surface area (Å²) >= 11 is 0. The molecule has 0 saturated carbocycles. The van der Waals surface area contributed by atoms with Crippen LogP contribution >= 0.6 is 0 Å². The number of aliphatic hydroxyl groups excluding tert-OH is 1. The van der Waals surface area contributed by atoms with Gasteiger partial charge in [0, 0.05) is 17.2 Å². The molecule has 5 nitrogen and oxygen atoms in total. The van der Waals surface area contributed by atoms with E-state index >= 15 is 0 Å². The van der Waals surface area contributed by atoms with Crippen LogP contribution in [0.3, 0.4) is 0 Å². The van der Waals surface area contributed by atoms with Crippen molar-refractivity contribution in [1.29, 1.82) is 0 Å². The molecule has 1 aromatic carbocycles. The van der Waals surface area contributed by atoms with Crippen LogP contribution in [-0.4, -0.2) is 16.5 Å². The van der Waals surface area contributed by atoms with Crippen LogP contribution in [0.15, 0.2) is 51.4 Å². The Bertz CT molecular complexity index is 724. The third kappa shape index (κ3) is 2.26. The van der Waals surface area contributed by atoms with Crippen molar-refractivity contribution in [2.75, 3.05) is 0 Å². The Morgan fingerprint density at radius 3 is 2.45 bits per heavy atom. The quantitative estimate of drug-likeness (QED) is 0.737. The second-order valence-corrected chi connectivity index (χ2v) is 4.23. The predicted octanol–water partition coefficient (Wildman–Crippen LogP) is 2.91. The first-order chi connectivity index (χ1) is 9.80. The van der Waals surface area contributed by atoms with Crippen molar-refractivity contribution in [3.05, 3.63) is 54.0 Å². The van der Waals surface area contributed by atoms with E-state index in [1.807, 2.05) is 24.3 Å². The van der Waals surface area contributed by atoms with Gasteiger partial charge >= 0.3 is 0 Å². The molecule has 20 heavy (non-hydrogen) atoms. The average Bonchev–Trinajstić information content (AvgIpc) is 3.16. The number of furan rings is 1. The Morgan fingerprint density at radius 2 is 1.85 bits per heavy atom. The van der Waals surface area contributed by atoms with E-state index in [-0.39, 0.29) is 6.61 Å². The van der Waals surface area contributed by atoms with Crippen molar-refractivity contribution >= 4 is 6.29 Å². The van der Waals surface area contributed by atoms with Crippen LogP contribution in [0.5, 0.6) is 0 Å². The number of aromatic nitrogens is 1. The van der Waals surface area contributed by atoms with Gasteiger partial charge in [0.05, 0.1) is 0 Å². The number of aldehydes is 1. The van der Waals surface area contributed by atoms with Crippen LogP contribution < -0.4 is 0 Å². The highest BCUT2D eigenvalue weighted by Crippen LogP contribution is 2.25. The van der Waals surface area contributed by atoms with Crippen molar-refractivity contribution in [3.63, 3.8) is 0 Å². The summed E-state index contributed by atoms with van der Waals surface area (Å²) in [5.74, 6) is 1.36. The van der Waals surface area contributed by atoms with Gasteiger partial charge < -0.3 is 14.0 Å². The zero-order valence-corrected chi connectivity index (χ0v) is 10.4. The number of carbonyl (C=O) groups is 1. The lowest BCUT2D eigenvalue weighted by molar-refractivity contribution is 0.110. The molecule has 3 aromatic rings. The number of carbonyl (C=O) groups excluding carboxylic acids is 1. The van der Waals surface area contributed by atoms with Gasteiger partial charge in [-0.2, -0.15) is 0 Å². The van der Waals surface area contributed by atoms with E-state index in [1.165, 1.54) is 0 Å². The summed E-state index contributed by atoms with van der Waals surface area (Å²) in [6.07, 6.45) is 0.670. The predicted molar refractivity (Wildman–Crippen MR) is 71.0 cm³/mol. The second-order valence-electron chi connectivity index (χ2n) is 4.23. The fraction of sp³-hybridized carbons (Fsp3) is 0.0667. The summed E-state index contributed by atoms with van der Waals surface area (Å²) < 4.78 is 10.3. The third-order valence-corrected chi connectivity index (χ3v) is 2.92. The highest BCUT2D eigenvalue weighted by molar-refractivity contribution is 5.73. The molecule has 0 aliphatic rings. The molecule has 1 N–H and O–H groups in total. The van der Waals surface area contributed by atoms with E-state index in [2.05, 4.69) is 5.16 Å². The van der Waals surface area contributed by atoms with E-state index < -0.39 is 0 Å². The molecule has 0 aliphatic carbocycles. The van der Waals surface area contributed by atoms with Crippen LogP contribution in [0.1, 0.15) is 16.3 Å². The highest BCUT2D eigenvalue weighted by atomic mass is 16.5. The minimum atomic E-state index is -0.175. The third-order valence-electron chi connectivity index (χ3n) is 2.92. The molecule has 100 valence electrons. The van der Waals surface area contributed by atoms with Crippen LogP contribution in [0.4, 0.5) is 0 Å². The number of hydrogen-bond donors (Lipinski definition) is 1. The van der Waals surface area contributed by atoms with Gasteiger partial charge in [0.25, 0.3) is 0 Å². The monoisotopic (exact) mass is 269 g/mol. The van der Waals surface area contributed by atoms with E-state index in [9.17, 15) is 4.79 Å². The number of benzene rings is 1. The minimum Gasteiger partial charge on any atom is -0.453 e. The maximum absolute atomic E-state index is 10.6. The first-order valence-electron chi connectivity index (χ1n) is 6.02. The molecule has 0 bridgehead atoms. The summed E-state index contributed by atoms with van der Waals surface area (Å²) in [4.78, 5) is 10.6. The first-order valence-corrected chi connectivity index (χ1v) is 6.02. The van der Waals surface area contributed by atoms with Crippen molar-refractivity contribution in [2.24, 2.45) is 0 Å². The maximum atomic E-state index is 10.6. The Labute approximate surface area is 114 Å². The van der Waals surface area contributed by atoms with Crippen molar-refractivity contribution in [2.45, 2.75) is 6.61 Å². The average molecular weight is 269 g/mol. The first kappa shape index (κ1) is 12.4. The van der Waals surface area contributed by atoms with Crippen LogP contribution in [0, 0.1) is 0 Å². The number of nitrogens with zero attached hydrogens (tertiary/aromatic N) is 1. The molecule has 0 amide bonds. The summed E-state index contributed by atoms with van der Waals surface area (Å²) in [5, 5.41) is 12.8. The topological polar surface area (TPSA) is 76.5 Å². The van der Waals surface area contributed by atoms with Gasteiger partial charge in [-0.3, -0.25) is 4.79 Å². The smallest absolute Gasteiger partial charge is 0.185 e. The second kappa shape index (κ2) is 5.14. The molecular weight excluding hydrogens is 258 g/mol. The standard InChI is InChI=1S/C15H11NO4/c17-8-12-5-6-15(19-12)11-3-1-10(2-4-11)14-7-13(9-18)20-16-14/h1-8,18H,9H2. The highest BCUT2D eigenvalue weighted by Gasteiger charge is 2.08. The van der Waals surface area contributed by atoms with Gasteiger partial charge in [0.2, 0.25) is 0 Å². The SMILES string of the molecule is O=Cc1ccc(-c2ccc(-c3cc(CO)on3)cc2)o1. The Hall–Kier alpha value is -2.66. The van der Waals surface area contributed by atoms with E-state index in [1.54, 1.807) is 18.2 Å².